The van der Waals surface area contributed by atoms with Crippen LogP contribution in [0, 0.1) is 0 Å². The van der Waals surface area contributed by atoms with E-state index in [1.54, 1.807) is 0 Å². The van der Waals surface area contributed by atoms with E-state index in [0.29, 0.717) is 0 Å². The van der Waals surface area contributed by atoms with Gasteiger partial charge in [-0.15, -0.1) is 0 Å². The monoisotopic (exact) mass is 126 g/mol. The van der Waals surface area contributed by atoms with Gasteiger partial charge in [0.15, 0.2) is 0 Å². The maximum absolute atomic E-state index is 8.11. The molecule has 0 heterocycles. The summed E-state index contributed by atoms with van der Waals surface area (Å²) < 4.78 is 12.7. The first-order valence-corrected chi connectivity index (χ1v) is 1.97. The minimum absolute atomic E-state index is 0.0278. The van der Waals surface area contributed by atoms with Crippen LogP contribution in [0.5, 0.6) is 0 Å². The third kappa shape index (κ3) is 2.44. The number of aliphatic hydroxyl groups is 1. The Morgan fingerprint density at radius 1 is 2.25 bits per heavy atom. The summed E-state index contributed by atoms with van der Waals surface area (Å²) in [5.41, 5.74) is 0. The SMILES string of the molecule is [2H]C([2H])(O)CBr. The van der Waals surface area contributed by atoms with Crippen LogP contribution in [0.1, 0.15) is 2.74 Å². The molecule has 0 rings (SSSR count). The Morgan fingerprint density at radius 3 is 2.50 bits per heavy atom. The van der Waals surface area contributed by atoms with Crippen LogP contribution < -0.4 is 0 Å². The number of halogens is 1. The lowest BCUT2D eigenvalue weighted by Crippen LogP contribution is -1.75. The molecule has 1 nitrogen and oxygen atoms in total. The first-order valence-electron chi connectivity index (χ1n) is 1.84. The molecule has 0 bridgehead atoms. The van der Waals surface area contributed by atoms with E-state index in [1.165, 1.54) is 0 Å². The van der Waals surface area contributed by atoms with E-state index in [0.717, 1.165) is 0 Å². The highest BCUT2D eigenvalue weighted by Crippen LogP contribution is 1.69. The number of hydrogen-bond donors (Lipinski definition) is 1. The highest BCUT2D eigenvalue weighted by atomic mass is 79.9. The van der Waals surface area contributed by atoms with Gasteiger partial charge in [-0.1, -0.05) is 15.9 Å². The molecule has 0 radical (unpaired) electrons. The maximum Gasteiger partial charge on any atom is 0.0572 e. The van der Waals surface area contributed by atoms with Gasteiger partial charge in [-0.3, -0.25) is 0 Å². The van der Waals surface area contributed by atoms with E-state index in [9.17, 15) is 0 Å². The summed E-state index contributed by atoms with van der Waals surface area (Å²) >= 11 is 2.74. The maximum atomic E-state index is 8.11. The second kappa shape index (κ2) is 3.44. The molecule has 0 aromatic rings. The fourth-order valence-electron chi connectivity index (χ4n) is 0. The van der Waals surface area contributed by atoms with Crippen molar-refractivity contribution in [1.82, 2.24) is 0 Å². The lowest BCUT2D eigenvalue weighted by Gasteiger charge is -1.67. The van der Waals surface area contributed by atoms with Gasteiger partial charge in [-0.25, -0.2) is 0 Å². The Balaban J connectivity index is 3.17. The molecule has 0 saturated carbocycles. The van der Waals surface area contributed by atoms with Crippen LogP contribution in [-0.2, 0) is 0 Å². The molecular formula is C2H5BrO. The van der Waals surface area contributed by atoms with E-state index in [-0.39, 0.29) is 5.33 Å². The molecular weight excluding hydrogens is 120 g/mol. The van der Waals surface area contributed by atoms with Crippen molar-refractivity contribution < 1.29 is 7.85 Å². The van der Waals surface area contributed by atoms with Gasteiger partial charge in [0, 0.05) is 5.33 Å². The van der Waals surface area contributed by atoms with Crippen LogP contribution in [-0.4, -0.2) is 17.0 Å². The molecule has 2 heteroatoms. The fourth-order valence-corrected chi connectivity index (χ4v) is 0. The smallest absolute Gasteiger partial charge is 0.0572 e. The number of rotatable bonds is 1. The highest BCUT2D eigenvalue weighted by molar-refractivity contribution is 9.09. The van der Waals surface area contributed by atoms with E-state index in [4.69, 9.17) is 7.85 Å². The molecule has 0 unspecified atom stereocenters. The molecule has 4 heavy (non-hydrogen) atoms. The van der Waals surface area contributed by atoms with Crippen molar-refractivity contribution in [2.75, 3.05) is 11.9 Å². The summed E-state index contributed by atoms with van der Waals surface area (Å²) in [7, 11) is 0. The van der Waals surface area contributed by atoms with Crippen LogP contribution in [0.25, 0.3) is 0 Å². The average Bonchev–Trinajstić information content (AvgIpc) is 1.35. The Labute approximate surface area is 36.6 Å². The van der Waals surface area contributed by atoms with E-state index in [1.807, 2.05) is 0 Å². The Bertz CT molecular complexity index is 41.3. The lowest BCUT2D eigenvalue weighted by atomic mass is 10.9. The Hall–Kier alpha value is 0.440. The minimum Gasteiger partial charge on any atom is -0.396 e. The van der Waals surface area contributed by atoms with E-state index < -0.39 is 6.56 Å². The summed E-state index contributed by atoms with van der Waals surface area (Å²) in [6.07, 6.45) is 0. The standard InChI is InChI=1S/C2H5BrO/c3-1-2-4/h4H,1-2H2/i2D2. The molecule has 0 aromatic carbocycles. The first kappa shape index (κ1) is 1.78. The topological polar surface area (TPSA) is 20.2 Å². The van der Waals surface area contributed by atoms with Gasteiger partial charge >= 0.3 is 0 Å². The summed E-state index contributed by atoms with van der Waals surface area (Å²) in [6.45, 7) is -2.04. The first-order chi connectivity index (χ1) is 2.56. The second-order valence-electron chi connectivity index (χ2n) is 0.292. The fraction of sp³-hybridized carbons (Fsp3) is 1.00. The molecule has 0 aliphatic heterocycles. The predicted octanol–water partition coefficient (Wildman–Crippen LogP) is 0.374. The zero-order chi connectivity index (χ0) is 5.21. The molecule has 0 atom stereocenters. The Kier molecular flexibility index (Phi) is 1.53. The van der Waals surface area contributed by atoms with Crippen molar-refractivity contribution >= 4 is 15.9 Å². The van der Waals surface area contributed by atoms with Gasteiger partial charge in [0.25, 0.3) is 0 Å². The quantitative estimate of drug-likeness (QED) is 0.504. The van der Waals surface area contributed by atoms with Gasteiger partial charge in [-0.05, 0) is 0 Å². The summed E-state index contributed by atoms with van der Waals surface area (Å²) in [4.78, 5) is 0. The van der Waals surface area contributed by atoms with Gasteiger partial charge in [0.05, 0.1) is 9.30 Å². The van der Waals surface area contributed by atoms with Crippen molar-refractivity contribution in [2.45, 2.75) is 0 Å². The highest BCUT2D eigenvalue weighted by Gasteiger charge is 1.59. The van der Waals surface area contributed by atoms with Crippen molar-refractivity contribution in [3.63, 3.8) is 0 Å². The molecule has 0 aromatic heterocycles. The Morgan fingerprint density at radius 2 is 2.50 bits per heavy atom. The number of alkyl halides is 1. The lowest BCUT2D eigenvalue weighted by molar-refractivity contribution is 0.324. The van der Waals surface area contributed by atoms with Gasteiger partial charge in [0.1, 0.15) is 0 Å². The van der Waals surface area contributed by atoms with Gasteiger partial charge in [0.2, 0.25) is 0 Å². The minimum atomic E-state index is -2.04. The van der Waals surface area contributed by atoms with Crippen LogP contribution in [0.15, 0.2) is 0 Å². The molecule has 26 valence electrons. The molecule has 0 spiro atoms. The third-order valence-corrected chi connectivity index (χ3v) is 0.311. The van der Waals surface area contributed by atoms with Gasteiger partial charge in [-0.2, -0.15) is 0 Å². The molecule has 0 aliphatic carbocycles. The zero-order valence-corrected chi connectivity index (χ0v) is 3.62. The van der Waals surface area contributed by atoms with Crippen LogP contribution in [0.2, 0.25) is 0 Å². The summed E-state index contributed by atoms with van der Waals surface area (Å²) in [5, 5.41) is 8.09. The van der Waals surface area contributed by atoms with Crippen molar-refractivity contribution in [3.8, 4) is 0 Å². The number of hydrogen-bond acceptors (Lipinski definition) is 1. The van der Waals surface area contributed by atoms with Crippen LogP contribution in [0.3, 0.4) is 0 Å². The summed E-state index contributed by atoms with van der Waals surface area (Å²) in [6, 6.07) is 0. The van der Waals surface area contributed by atoms with Crippen molar-refractivity contribution in [3.05, 3.63) is 0 Å². The largest absolute Gasteiger partial charge is 0.396 e. The van der Waals surface area contributed by atoms with Gasteiger partial charge < -0.3 is 5.11 Å². The zero-order valence-electron chi connectivity index (χ0n) is 4.03. The average molecular weight is 127 g/mol. The molecule has 0 saturated heterocycles. The molecule has 0 fully saturated rings. The van der Waals surface area contributed by atoms with E-state index >= 15 is 0 Å². The predicted molar refractivity (Wildman–Crippen MR) is 20.9 cm³/mol. The second-order valence-corrected chi connectivity index (χ2v) is 0.852. The molecule has 0 aliphatic rings. The van der Waals surface area contributed by atoms with Crippen molar-refractivity contribution in [1.29, 1.82) is 0 Å². The third-order valence-electron chi connectivity index (χ3n) is 0.0598. The van der Waals surface area contributed by atoms with Crippen LogP contribution in [0.4, 0.5) is 0 Å². The van der Waals surface area contributed by atoms with Crippen molar-refractivity contribution in [2.24, 2.45) is 0 Å². The normalized spacial score (nSPS) is 18.5. The molecule has 0 amide bonds. The van der Waals surface area contributed by atoms with E-state index in [2.05, 4.69) is 15.9 Å². The summed E-state index contributed by atoms with van der Waals surface area (Å²) in [5.74, 6) is 0. The van der Waals surface area contributed by atoms with Crippen LogP contribution >= 0.6 is 15.9 Å². The molecule has 1 N–H and O–H groups in total.